The van der Waals surface area contributed by atoms with Crippen molar-refractivity contribution in [1.82, 2.24) is 0 Å². The summed E-state index contributed by atoms with van der Waals surface area (Å²) in [6.07, 6.45) is 3.73. The third-order valence-corrected chi connectivity index (χ3v) is 7.07. The first-order valence-corrected chi connectivity index (χ1v) is 11.5. The van der Waals surface area contributed by atoms with Gasteiger partial charge in [0.05, 0.1) is 13.2 Å². The first kappa shape index (κ1) is 22.7. The van der Waals surface area contributed by atoms with Crippen LogP contribution in [0.1, 0.15) is 58.4 Å². The summed E-state index contributed by atoms with van der Waals surface area (Å²) in [4.78, 5) is 2.63. The monoisotopic (exact) mass is 424 g/mol. The Labute approximate surface area is 183 Å². The van der Waals surface area contributed by atoms with Gasteiger partial charge in [-0.15, -0.1) is 11.3 Å². The summed E-state index contributed by atoms with van der Waals surface area (Å²) < 4.78 is 0. The van der Waals surface area contributed by atoms with Crippen molar-refractivity contribution < 1.29 is 15.3 Å². The zero-order valence-electron chi connectivity index (χ0n) is 17.9. The molecule has 0 amide bonds. The Morgan fingerprint density at radius 1 is 0.867 bits per heavy atom. The van der Waals surface area contributed by atoms with Crippen LogP contribution in [0.15, 0.2) is 48.5 Å². The van der Waals surface area contributed by atoms with Crippen molar-refractivity contribution in [2.45, 2.75) is 58.7 Å². The average Bonchev–Trinajstić information content (AvgIpc) is 3.24. The quantitative estimate of drug-likeness (QED) is 0.410. The summed E-state index contributed by atoms with van der Waals surface area (Å²) in [5.41, 5.74) is 6.66. The third-order valence-electron chi connectivity index (χ3n) is 5.89. The van der Waals surface area contributed by atoms with Gasteiger partial charge in [-0.05, 0) is 84.0 Å². The molecule has 1 unspecified atom stereocenters. The summed E-state index contributed by atoms with van der Waals surface area (Å²) in [6, 6.07) is 17.1. The molecule has 0 aliphatic carbocycles. The van der Waals surface area contributed by atoms with Crippen molar-refractivity contribution in [2.75, 3.05) is 6.61 Å². The van der Waals surface area contributed by atoms with Crippen LogP contribution in [0.5, 0.6) is 0 Å². The number of aliphatic hydroxyl groups is 3. The fourth-order valence-electron chi connectivity index (χ4n) is 4.04. The lowest BCUT2D eigenvalue weighted by Crippen LogP contribution is -2.01. The van der Waals surface area contributed by atoms with Crippen LogP contribution < -0.4 is 0 Å². The molecule has 0 aliphatic heterocycles. The highest BCUT2D eigenvalue weighted by Crippen LogP contribution is 2.34. The summed E-state index contributed by atoms with van der Waals surface area (Å²) >= 11 is 1.84. The van der Waals surface area contributed by atoms with E-state index in [9.17, 15) is 15.3 Å². The van der Waals surface area contributed by atoms with E-state index in [0.29, 0.717) is 5.92 Å². The first-order valence-electron chi connectivity index (χ1n) is 10.7. The molecule has 0 saturated carbocycles. The maximum atomic E-state index is 9.49. The van der Waals surface area contributed by atoms with Crippen LogP contribution >= 0.6 is 11.3 Å². The molecule has 3 aromatic rings. The number of benzene rings is 2. The van der Waals surface area contributed by atoms with E-state index in [1.807, 2.05) is 29.5 Å². The van der Waals surface area contributed by atoms with E-state index in [1.54, 1.807) is 0 Å². The van der Waals surface area contributed by atoms with Gasteiger partial charge in [0.2, 0.25) is 0 Å². The largest absolute Gasteiger partial charge is 0.396 e. The van der Waals surface area contributed by atoms with E-state index in [4.69, 9.17) is 0 Å². The van der Waals surface area contributed by atoms with Crippen molar-refractivity contribution in [3.63, 3.8) is 0 Å². The van der Waals surface area contributed by atoms with Crippen LogP contribution in [0.3, 0.4) is 0 Å². The SMILES string of the molecule is CCC(CCO)c1ccc(-c2ccc(CCc3ccc(CO)c(CO)c3)s2)c(C)c1. The molecule has 3 N–H and O–H groups in total. The minimum atomic E-state index is -0.0423. The molecule has 4 heteroatoms. The molecule has 0 saturated heterocycles. The van der Waals surface area contributed by atoms with E-state index < -0.39 is 0 Å². The van der Waals surface area contributed by atoms with E-state index >= 15 is 0 Å². The van der Waals surface area contributed by atoms with Crippen LogP contribution in [0.4, 0.5) is 0 Å². The van der Waals surface area contributed by atoms with Crippen LogP contribution in [-0.4, -0.2) is 21.9 Å². The molecule has 0 bridgehead atoms. The van der Waals surface area contributed by atoms with Crippen molar-refractivity contribution in [2.24, 2.45) is 0 Å². The molecule has 0 aliphatic rings. The molecule has 30 heavy (non-hydrogen) atoms. The van der Waals surface area contributed by atoms with Gasteiger partial charge in [-0.3, -0.25) is 0 Å². The Morgan fingerprint density at radius 2 is 1.67 bits per heavy atom. The highest BCUT2D eigenvalue weighted by Gasteiger charge is 2.12. The smallest absolute Gasteiger partial charge is 0.0685 e. The second kappa shape index (κ2) is 10.9. The number of thiophene rings is 1. The fraction of sp³-hybridized carbons (Fsp3) is 0.385. The van der Waals surface area contributed by atoms with Crippen LogP contribution in [-0.2, 0) is 26.1 Å². The molecule has 0 spiro atoms. The van der Waals surface area contributed by atoms with E-state index in [2.05, 4.69) is 44.2 Å². The van der Waals surface area contributed by atoms with Gasteiger partial charge in [-0.25, -0.2) is 0 Å². The van der Waals surface area contributed by atoms with Gasteiger partial charge in [0, 0.05) is 16.4 Å². The Kier molecular flexibility index (Phi) is 8.23. The number of aliphatic hydroxyl groups excluding tert-OH is 3. The minimum Gasteiger partial charge on any atom is -0.396 e. The van der Waals surface area contributed by atoms with Gasteiger partial charge in [-0.2, -0.15) is 0 Å². The lowest BCUT2D eigenvalue weighted by atomic mass is 9.91. The molecular weight excluding hydrogens is 392 g/mol. The molecule has 3 nitrogen and oxygen atoms in total. The Hall–Kier alpha value is -1.98. The summed E-state index contributed by atoms with van der Waals surface area (Å²) in [5, 5.41) is 28.1. The summed E-state index contributed by atoms with van der Waals surface area (Å²) in [6.45, 7) is 4.50. The van der Waals surface area contributed by atoms with Crippen molar-refractivity contribution in [3.8, 4) is 10.4 Å². The van der Waals surface area contributed by atoms with Crippen molar-refractivity contribution in [3.05, 3.63) is 81.2 Å². The molecule has 160 valence electrons. The summed E-state index contributed by atoms with van der Waals surface area (Å²) in [5.74, 6) is 0.419. The first-order chi connectivity index (χ1) is 14.6. The molecule has 1 atom stereocenters. The molecule has 2 aromatic carbocycles. The number of rotatable bonds is 10. The van der Waals surface area contributed by atoms with Crippen LogP contribution in [0, 0.1) is 6.92 Å². The standard InChI is InChI=1S/C26H32O3S/c1-3-20(12-13-27)21-7-10-25(18(2)14-21)26-11-9-24(30-26)8-5-19-4-6-22(16-28)23(15-19)17-29/h4,6-7,9-11,14-15,20,27-29H,3,5,8,12-13,16-17H2,1-2H3. The Bertz CT molecular complexity index is 961. The highest BCUT2D eigenvalue weighted by molar-refractivity contribution is 7.15. The topological polar surface area (TPSA) is 60.7 Å². The lowest BCUT2D eigenvalue weighted by molar-refractivity contribution is 0.260. The predicted octanol–water partition coefficient (Wildman–Crippen LogP) is 5.37. The van der Waals surface area contributed by atoms with E-state index in [1.165, 1.54) is 32.0 Å². The second-order valence-electron chi connectivity index (χ2n) is 7.88. The van der Waals surface area contributed by atoms with E-state index in [0.717, 1.165) is 36.8 Å². The number of aryl methyl sites for hydroxylation is 3. The lowest BCUT2D eigenvalue weighted by Gasteiger charge is -2.16. The molecule has 0 fully saturated rings. The number of hydrogen-bond donors (Lipinski definition) is 3. The Morgan fingerprint density at radius 3 is 2.33 bits per heavy atom. The van der Waals surface area contributed by atoms with Crippen LogP contribution in [0.2, 0.25) is 0 Å². The second-order valence-corrected chi connectivity index (χ2v) is 9.05. The van der Waals surface area contributed by atoms with Gasteiger partial charge >= 0.3 is 0 Å². The molecule has 3 rings (SSSR count). The molecule has 1 aromatic heterocycles. The van der Waals surface area contributed by atoms with Crippen molar-refractivity contribution in [1.29, 1.82) is 0 Å². The predicted molar refractivity (Wildman–Crippen MR) is 125 cm³/mol. The normalized spacial score (nSPS) is 12.3. The third kappa shape index (κ3) is 5.38. The van der Waals surface area contributed by atoms with Gasteiger partial charge in [0.15, 0.2) is 0 Å². The molecular formula is C26H32O3S. The van der Waals surface area contributed by atoms with Gasteiger partial charge in [-0.1, -0.05) is 43.3 Å². The van der Waals surface area contributed by atoms with E-state index in [-0.39, 0.29) is 19.8 Å². The highest BCUT2D eigenvalue weighted by atomic mass is 32.1. The minimum absolute atomic E-state index is 0.0401. The van der Waals surface area contributed by atoms with Crippen LogP contribution in [0.25, 0.3) is 10.4 Å². The van der Waals surface area contributed by atoms with Crippen molar-refractivity contribution >= 4 is 11.3 Å². The molecule has 0 radical (unpaired) electrons. The fourth-order valence-corrected chi connectivity index (χ4v) is 5.14. The average molecular weight is 425 g/mol. The summed E-state index contributed by atoms with van der Waals surface area (Å²) in [7, 11) is 0. The zero-order chi connectivity index (χ0) is 21.5. The number of hydrogen-bond acceptors (Lipinski definition) is 4. The maximum absolute atomic E-state index is 9.49. The maximum Gasteiger partial charge on any atom is 0.0685 e. The van der Waals surface area contributed by atoms with Gasteiger partial charge in [0.25, 0.3) is 0 Å². The van der Waals surface area contributed by atoms with Gasteiger partial charge in [0.1, 0.15) is 0 Å². The Balaban J connectivity index is 1.70. The molecule has 1 heterocycles. The van der Waals surface area contributed by atoms with Gasteiger partial charge < -0.3 is 15.3 Å². The zero-order valence-corrected chi connectivity index (χ0v) is 18.7.